The predicted octanol–water partition coefficient (Wildman–Crippen LogP) is 4.72. The zero-order valence-corrected chi connectivity index (χ0v) is 21.0. The number of nitrogens with zero attached hydrogens (tertiary/aromatic N) is 3. The predicted molar refractivity (Wildman–Crippen MR) is 130 cm³/mol. The normalized spacial score (nSPS) is 33.2. The van der Waals surface area contributed by atoms with Crippen LogP contribution < -0.4 is 5.32 Å². The van der Waals surface area contributed by atoms with Gasteiger partial charge in [0.05, 0.1) is 22.1 Å². The number of hydrogen-bond donors (Lipinski definition) is 1. The summed E-state index contributed by atoms with van der Waals surface area (Å²) < 4.78 is 13.9. The van der Waals surface area contributed by atoms with E-state index < -0.39 is 5.67 Å². The molecule has 0 atom stereocenters. The highest BCUT2D eigenvalue weighted by atomic mass is 32.1. The van der Waals surface area contributed by atoms with E-state index in [1.165, 1.54) is 34.8 Å². The number of carbonyl (C=O) groups is 1. The first-order chi connectivity index (χ1) is 15.9. The molecule has 4 fully saturated rings. The summed E-state index contributed by atoms with van der Waals surface area (Å²) in [6, 6.07) is 0.328. The van der Waals surface area contributed by atoms with Crippen LogP contribution in [0.5, 0.6) is 0 Å². The third-order valence-corrected chi connectivity index (χ3v) is 10.6. The molecule has 0 radical (unpaired) electrons. The molecule has 1 N–H and O–H groups in total. The third-order valence-electron chi connectivity index (χ3n) is 8.30. The second-order valence-electron chi connectivity index (χ2n) is 11.0. The summed E-state index contributed by atoms with van der Waals surface area (Å²) >= 11 is 3.47. The number of aryl methyl sites for hydroxylation is 1. The molecule has 0 unspecified atom stereocenters. The van der Waals surface area contributed by atoms with Crippen molar-refractivity contribution in [2.45, 2.75) is 94.8 Å². The van der Waals surface area contributed by atoms with Crippen molar-refractivity contribution in [3.05, 3.63) is 31.7 Å². The molecule has 33 heavy (non-hydrogen) atoms. The average Bonchev–Trinajstić information content (AvgIpc) is 3.35. The Morgan fingerprint density at radius 1 is 1.24 bits per heavy atom. The van der Waals surface area contributed by atoms with Crippen molar-refractivity contribution < 1.29 is 9.18 Å². The minimum Gasteiger partial charge on any atom is -0.353 e. The van der Waals surface area contributed by atoms with E-state index in [0.717, 1.165) is 54.7 Å². The summed E-state index contributed by atoms with van der Waals surface area (Å²) in [6.07, 6.45) is 11.3. The number of alkyl halides is 1. The van der Waals surface area contributed by atoms with Crippen molar-refractivity contribution in [1.29, 1.82) is 0 Å². The van der Waals surface area contributed by atoms with Crippen molar-refractivity contribution in [3.63, 3.8) is 0 Å². The fourth-order valence-corrected chi connectivity index (χ4v) is 8.48. The van der Waals surface area contributed by atoms with Gasteiger partial charge in [-0.2, -0.15) is 0 Å². The number of aromatic nitrogens is 2. The van der Waals surface area contributed by atoms with Crippen LogP contribution in [0.15, 0.2) is 6.20 Å². The first kappa shape index (κ1) is 22.1. The van der Waals surface area contributed by atoms with E-state index in [2.05, 4.69) is 15.2 Å². The number of nitrogens with one attached hydrogen (secondary N) is 1. The first-order valence-corrected chi connectivity index (χ1v) is 14.1. The molecule has 0 saturated heterocycles. The molecule has 5 nitrogen and oxygen atoms in total. The average molecular weight is 489 g/mol. The Kier molecular flexibility index (Phi) is 5.61. The molecule has 4 saturated carbocycles. The molecule has 178 valence electrons. The van der Waals surface area contributed by atoms with Crippen LogP contribution in [-0.2, 0) is 29.6 Å². The van der Waals surface area contributed by atoms with Crippen LogP contribution in [0, 0.1) is 12.8 Å². The first-order valence-electron chi connectivity index (χ1n) is 12.5. The van der Waals surface area contributed by atoms with Crippen molar-refractivity contribution >= 4 is 28.6 Å². The molecule has 8 heteroatoms. The minimum absolute atomic E-state index is 0.106. The van der Waals surface area contributed by atoms with Crippen LogP contribution in [0.4, 0.5) is 4.39 Å². The lowest BCUT2D eigenvalue weighted by Crippen LogP contribution is -2.67. The second-order valence-corrected chi connectivity index (χ2v) is 13.4. The number of fused-ring (bicyclic) bond motifs is 1. The van der Waals surface area contributed by atoms with Gasteiger partial charge < -0.3 is 5.32 Å². The molecular formula is C25H33FN4OS2. The quantitative estimate of drug-likeness (QED) is 0.613. The maximum atomic E-state index is 13.9. The number of hydrogen-bond acceptors (Lipinski definition) is 6. The summed E-state index contributed by atoms with van der Waals surface area (Å²) in [5.74, 6) is 0.894. The molecule has 1 aliphatic heterocycles. The van der Waals surface area contributed by atoms with Crippen molar-refractivity contribution in [1.82, 2.24) is 20.2 Å². The summed E-state index contributed by atoms with van der Waals surface area (Å²) in [5.41, 5.74) is 0.525. The van der Waals surface area contributed by atoms with Gasteiger partial charge in [-0.05, 0) is 77.2 Å². The summed E-state index contributed by atoms with van der Waals surface area (Å²) in [5, 5.41) is 5.48. The maximum Gasteiger partial charge on any atom is 0.225 e. The number of thiazole rings is 2. The molecular weight excluding hydrogens is 455 g/mol. The fraction of sp³-hybridized carbons (Fsp3) is 0.720. The van der Waals surface area contributed by atoms with Gasteiger partial charge in [0.25, 0.3) is 0 Å². The lowest BCUT2D eigenvalue weighted by Gasteiger charge is -2.64. The lowest BCUT2D eigenvalue weighted by molar-refractivity contribution is -0.158. The van der Waals surface area contributed by atoms with Crippen LogP contribution in [0.25, 0.3) is 0 Å². The number of rotatable bonds is 7. The Morgan fingerprint density at radius 2 is 2.03 bits per heavy atom. The zero-order valence-electron chi connectivity index (χ0n) is 19.4. The largest absolute Gasteiger partial charge is 0.353 e. The molecule has 4 aliphatic carbocycles. The number of halogens is 1. The van der Waals surface area contributed by atoms with Gasteiger partial charge in [-0.15, -0.1) is 22.7 Å². The van der Waals surface area contributed by atoms with Gasteiger partial charge >= 0.3 is 0 Å². The van der Waals surface area contributed by atoms with E-state index >= 15 is 0 Å². The van der Waals surface area contributed by atoms with Gasteiger partial charge in [-0.25, -0.2) is 14.4 Å². The van der Waals surface area contributed by atoms with Gasteiger partial charge in [0.15, 0.2) is 0 Å². The number of carbonyl (C=O) groups excluding carboxylic acids is 1. The smallest absolute Gasteiger partial charge is 0.225 e. The minimum atomic E-state index is -0.847. The highest BCUT2D eigenvalue weighted by molar-refractivity contribution is 7.12. The standard InChI is InChI=1S/C25H33FN4OS2/c1-16-27-11-19(32-16)10-22(31)28-18-4-2-17(3-5-18)6-8-30-9-7-21-20(12-30)29-23(33-21)24-13-25(26,14-24)15-24/h11,17-18H,2-10,12-15H2,1H3,(H,28,31)/t17-,18-,24?,25?. The van der Waals surface area contributed by atoms with Gasteiger partial charge in [-0.1, -0.05) is 0 Å². The van der Waals surface area contributed by atoms with Gasteiger partial charge in [0.1, 0.15) is 5.67 Å². The molecule has 7 rings (SSSR count). The van der Waals surface area contributed by atoms with Gasteiger partial charge in [0, 0.05) is 40.5 Å². The number of amides is 1. The molecule has 2 bridgehead atoms. The fourth-order valence-electron chi connectivity index (χ4n) is 6.45. The molecule has 5 aliphatic rings. The molecule has 0 aromatic carbocycles. The lowest BCUT2D eigenvalue weighted by atomic mass is 9.42. The zero-order chi connectivity index (χ0) is 22.6. The maximum absolute atomic E-state index is 13.9. The van der Waals surface area contributed by atoms with Gasteiger partial charge in [0.2, 0.25) is 5.91 Å². The Labute approximate surface area is 203 Å². The Bertz CT molecular complexity index is 1020. The van der Waals surface area contributed by atoms with Gasteiger partial charge in [-0.3, -0.25) is 9.69 Å². The van der Waals surface area contributed by atoms with Crippen LogP contribution >= 0.6 is 22.7 Å². The van der Waals surface area contributed by atoms with E-state index in [-0.39, 0.29) is 11.3 Å². The molecule has 2 aromatic heterocycles. The second kappa shape index (κ2) is 8.38. The summed E-state index contributed by atoms with van der Waals surface area (Å²) in [6.45, 7) is 5.20. The summed E-state index contributed by atoms with van der Waals surface area (Å²) in [4.78, 5) is 26.6. The van der Waals surface area contributed by atoms with E-state index in [1.807, 2.05) is 24.5 Å². The highest BCUT2D eigenvalue weighted by Gasteiger charge is 2.71. The highest BCUT2D eigenvalue weighted by Crippen LogP contribution is 2.70. The van der Waals surface area contributed by atoms with Crippen LogP contribution in [0.1, 0.15) is 76.8 Å². The summed E-state index contributed by atoms with van der Waals surface area (Å²) in [7, 11) is 0. The molecule has 2 aromatic rings. The van der Waals surface area contributed by atoms with E-state index in [9.17, 15) is 9.18 Å². The molecule has 3 heterocycles. The van der Waals surface area contributed by atoms with Crippen LogP contribution in [0.3, 0.4) is 0 Å². The molecule has 1 amide bonds. The Hall–Kier alpha value is -1.38. The third kappa shape index (κ3) is 4.39. The van der Waals surface area contributed by atoms with E-state index in [0.29, 0.717) is 31.7 Å². The Morgan fingerprint density at radius 3 is 2.73 bits per heavy atom. The van der Waals surface area contributed by atoms with Crippen molar-refractivity contribution in [2.24, 2.45) is 5.92 Å². The Balaban J connectivity index is 0.927. The van der Waals surface area contributed by atoms with Crippen LogP contribution in [0.2, 0.25) is 0 Å². The topological polar surface area (TPSA) is 58.1 Å². The SMILES string of the molecule is Cc1ncc(CC(=O)N[C@H]2CC[C@H](CCN3CCc4sc(C56CC(F)(C5)C6)nc4C3)CC2)s1. The van der Waals surface area contributed by atoms with E-state index in [1.54, 1.807) is 11.3 Å². The van der Waals surface area contributed by atoms with E-state index in [4.69, 9.17) is 4.98 Å². The van der Waals surface area contributed by atoms with Crippen molar-refractivity contribution in [2.75, 3.05) is 13.1 Å². The molecule has 0 spiro atoms. The monoisotopic (exact) mass is 488 g/mol. The van der Waals surface area contributed by atoms with Crippen LogP contribution in [-0.4, -0.2) is 45.6 Å². The van der Waals surface area contributed by atoms with Crippen molar-refractivity contribution in [3.8, 4) is 0 Å².